The number of ether oxygens (including phenoxy) is 1. The molecule has 0 saturated carbocycles. The van der Waals surface area contributed by atoms with Crippen molar-refractivity contribution in [2.45, 2.75) is 51.6 Å². The third-order valence-electron chi connectivity index (χ3n) is 2.44. The van der Waals surface area contributed by atoms with Crippen LogP contribution in [0, 0.1) is 0 Å². The summed E-state index contributed by atoms with van der Waals surface area (Å²) in [5.41, 5.74) is 0. The molecule has 0 bridgehead atoms. The van der Waals surface area contributed by atoms with Crippen LogP contribution in [0.5, 0.6) is 0 Å². The van der Waals surface area contributed by atoms with Gasteiger partial charge in [-0.1, -0.05) is 19.8 Å². The number of rotatable bonds is 5. The third-order valence-corrected chi connectivity index (χ3v) is 2.44. The van der Waals surface area contributed by atoms with Gasteiger partial charge in [-0.15, -0.1) is 0 Å². The van der Waals surface area contributed by atoms with Gasteiger partial charge in [-0.05, 0) is 19.8 Å². The molecule has 0 radical (unpaired) electrons. The minimum atomic E-state index is 0.622. The molecule has 72 valence electrons. The van der Waals surface area contributed by atoms with Crippen LogP contribution in [0.3, 0.4) is 0 Å². The van der Waals surface area contributed by atoms with E-state index in [1.807, 2.05) is 0 Å². The highest BCUT2D eigenvalue weighted by molar-refractivity contribution is 4.74. The maximum Gasteiger partial charge on any atom is 0.0620 e. The molecule has 0 spiro atoms. The highest BCUT2D eigenvalue weighted by atomic mass is 16.5. The van der Waals surface area contributed by atoms with Crippen LogP contribution in [0.25, 0.3) is 0 Å². The minimum absolute atomic E-state index is 0.622. The first-order valence-corrected chi connectivity index (χ1v) is 5.16. The van der Waals surface area contributed by atoms with Gasteiger partial charge in [0.1, 0.15) is 0 Å². The van der Waals surface area contributed by atoms with Crippen LogP contribution < -0.4 is 5.32 Å². The van der Waals surface area contributed by atoms with Crippen molar-refractivity contribution in [2.24, 2.45) is 0 Å². The van der Waals surface area contributed by atoms with Crippen molar-refractivity contribution in [2.75, 3.05) is 13.2 Å². The first-order valence-electron chi connectivity index (χ1n) is 5.16. The fourth-order valence-electron chi connectivity index (χ4n) is 1.66. The Labute approximate surface area is 75.7 Å². The van der Waals surface area contributed by atoms with Crippen LogP contribution in [0.2, 0.25) is 0 Å². The molecule has 0 aromatic rings. The fourth-order valence-corrected chi connectivity index (χ4v) is 1.66. The summed E-state index contributed by atoms with van der Waals surface area (Å²) in [6.45, 7) is 6.37. The molecule has 0 aromatic carbocycles. The zero-order chi connectivity index (χ0) is 8.81. The van der Waals surface area contributed by atoms with E-state index in [0.717, 1.165) is 13.2 Å². The van der Waals surface area contributed by atoms with E-state index >= 15 is 0 Å². The largest absolute Gasteiger partial charge is 0.380 e. The second-order valence-electron chi connectivity index (χ2n) is 3.77. The molecular formula is C10H21NO. The number of hydrogen-bond acceptors (Lipinski definition) is 2. The van der Waals surface area contributed by atoms with Gasteiger partial charge in [0.05, 0.1) is 6.61 Å². The molecule has 2 nitrogen and oxygen atoms in total. The lowest BCUT2D eigenvalue weighted by Crippen LogP contribution is -2.36. The molecule has 1 aliphatic rings. The Morgan fingerprint density at radius 3 is 3.00 bits per heavy atom. The van der Waals surface area contributed by atoms with Gasteiger partial charge in [-0.3, -0.25) is 0 Å². The second kappa shape index (κ2) is 5.55. The van der Waals surface area contributed by atoms with Gasteiger partial charge in [0.25, 0.3) is 0 Å². The van der Waals surface area contributed by atoms with Gasteiger partial charge in [0.2, 0.25) is 0 Å². The summed E-state index contributed by atoms with van der Waals surface area (Å²) in [7, 11) is 0. The molecule has 1 heterocycles. The molecule has 1 N–H and O–H groups in total. The summed E-state index contributed by atoms with van der Waals surface area (Å²) < 4.78 is 5.30. The van der Waals surface area contributed by atoms with E-state index in [4.69, 9.17) is 4.74 Å². The molecule has 12 heavy (non-hydrogen) atoms. The van der Waals surface area contributed by atoms with Crippen molar-refractivity contribution in [1.82, 2.24) is 5.32 Å². The lowest BCUT2D eigenvalue weighted by atomic mass is 10.1. The summed E-state index contributed by atoms with van der Waals surface area (Å²) >= 11 is 0. The lowest BCUT2D eigenvalue weighted by molar-refractivity contribution is 0.188. The van der Waals surface area contributed by atoms with E-state index in [1.54, 1.807) is 0 Å². The van der Waals surface area contributed by atoms with Crippen LogP contribution in [0.4, 0.5) is 0 Å². The quantitative estimate of drug-likeness (QED) is 0.682. The molecule has 1 saturated heterocycles. The zero-order valence-corrected chi connectivity index (χ0v) is 8.31. The summed E-state index contributed by atoms with van der Waals surface area (Å²) in [4.78, 5) is 0. The van der Waals surface area contributed by atoms with E-state index in [2.05, 4.69) is 19.2 Å². The van der Waals surface area contributed by atoms with Crippen LogP contribution in [-0.4, -0.2) is 25.3 Å². The number of nitrogens with one attached hydrogen (secondary N) is 1. The van der Waals surface area contributed by atoms with Crippen LogP contribution in [0.1, 0.15) is 39.5 Å². The van der Waals surface area contributed by atoms with Crippen LogP contribution in [0.15, 0.2) is 0 Å². The summed E-state index contributed by atoms with van der Waals surface area (Å²) in [5, 5.41) is 3.59. The Morgan fingerprint density at radius 1 is 1.58 bits per heavy atom. The van der Waals surface area contributed by atoms with Gasteiger partial charge in [0, 0.05) is 18.7 Å². The molecule has 2 heteroatoms. The third kappa shape index (κ3) is 3.55. The zero-order valence-electron chi connectivity index (χ0n) is 8.31. The smallest absolute Gasteiger partial charge is 0.0620 e. The Kier molecular flexibility index (Phi) is 4.62. The number of unbranched alkanes of at least 4 members (excludes halogenated alkanes) is 1. The van der Waals surface area contributed by atoms with Crippen LogP contribution in [-0.2, 0) is 4.74 Å². The van der Waals surface area contributed by atoms with E-state index in [9.17, 15) is 0 Å². The van der Waals surface area contributed by atoms with E-state index in [-0.39, 0.29) is 0 Å². The Morgan fingerprint density at radius 2 is 2.42 bits per heavy atom. The van der Waals surface area contributed by atoms with Crippen molar-refractivity contribution < 1.29 is 4.74 Å². The Bertz CT molecular complexity index is 110. The molecular weight excluding hydrogens is 150 g/mol. The van der Waals surface area contributed by atoms with Crippen LogP contribution >= 0.6 is 0 Å². The standard InChI is InChI=1S/C10H21NO/c1-3-4-5-9(2)11-10-6-7-12-8-10/h9-11H,3-8H2,1-2H3. The lowest BCUT2D eigenvalue weighted by Gasteiger charge is -2.17. The normalized spacial score (nSPS) is 26.0. The minimum Gasteiger partial charge on any atom is -0.380 e. The Hall–Kier alpha value is -0.0800. The van der Waals surface area contributed by atoms with Gasteiger partial charge < -0.3 is 10.1 Å². The van der Waals surface area contributed by atoms with Gasteiger partial charge in [0.15, 0.2) is 0 Å². The SMILES string of the molecule is CCCCC(C)NC1CCOC1. The second-order valence-corrected chi connectivity index (χ2v) is 3.77. The summed E-state index contributed by atoms with van der Waals surface area (Å²) in [6, 6.07) is 1.29. The average Bonchev–Trinajstić information content (AvgIpc) is 2.53. The molecule has 1 aliphatic heterocycles. The fraction of sp³-hybridized carbons (Fsp3) is 1.00. The predicted molar refractivity (Wildman–Crippen MR) is 51.3 cm³/mol. The van der Waals surface area contributed by atoms with E-state index in [0.29, 0.717) is 12.1 Å². The maximum absolute atomic E-state index is 5.30. The van der Waals surface area contributed by atoms with Crippen molar-refractivity contribution in [3.05, 3.63) is 0 Å². The molecule has 0 aromatic heterocycles. The van der Waals surface area contributed by atoms with Crippen molar-refractivity contribution >= 4 is 0 Å². The first-order chi connectivity index (χ1) is 5.83. The topological polar surface area (TPSA) is 21.3 Å². The molecule has 2 atom stereocenters. The predicted octanol–water partition coefficient (Wildman–Crippen LogP) is 1.94. The molecule has 1 fully saturated rings. The van der Waals surface area contributed by atoms with Crippen molar-refractivity contribution in [1.29, 1.82) is 0 Å². The summed E-state index contributed by atoms with van der Waals surface area (Å²) in [6.07, 6.45) is 5.12. The molecule has 1 rings (SSSR count). The molecule has 0 amide bonds. The monoisotopic (exact) mass is 171 g/mol. The first kappa shape index (κ1) is 10.0. The highest BCUT2D eigenvalue weighted by Gasteiger charge is 2.16. The highest BCUT2D eigenvalue weighted by Crippen LogP contribution is 2.07. The summed E-state index contributed by atoms with van der Waals surface area (Å²) in [5.74, 6) is 0. The van der Waals surface area contributed by atoms with E-state index < -0.39 is 0 Å². The number of hydrogen-bond donors (Lipinski definition) is 1. The Balaban J connectivity index is 2.03. The van der Waals surface area contributed by atoms with E-state index in [1.165, 1.54) is 25.7 Å². The van der Waals surface area contributed by atoms with Gasteiger partial charge in [-0.25, -0.2) is 0 Å². The van der Waals surface area contributed by atoms with Gasteiger partial charge >= 0.3 is 0 Å². The molecule has 0 aliphatic carbocycles. The average molecular weight is 171 g/mol. The molecule has 2 unspecified atom stereocenters. The van der Waals surface area contributed by atoms with Crippen molar-refractivity contribution in [3.8, 4) is 0 Å². The van der Waals surface area contributed by atoms with Gasteiger partial charge in [-0.2, -0.15) is 0 Å². The maximum atomic E-state index is 5.30. The van der Waals surface area contributed by atoms with Crippen molar-refractivity contribution in [3.63, 3.8) is 0 Å².